The average Bonchev–Trinajstić information content (AvgIpc) is 3.55. The molecular formula is C30H33N7O4S. The Balaban J connectivity index is 1.39. The van der Waals surface area contributed by atoms with Gasteiger partial charge in [0.1, 0.15) is 23.6 Å². The lowest BCUT2D eigenvalue weighted by molar-refractivity contribution is -0.115. The van der Waals surface area contributed by atoms with Crippen LogP contribution >= 0.6 is 0 Å². The summed E-state index contributed by atoms with van der Waals surface area (Å²) in [5.41, 5.74) is 9.60. The Bertz CT molecular complexity index is 1850. The maximum absolute atomic E-state index is 12.7. The molecule has 11 nitrogen and oxygen atoms in total. The summed E-state index contributed by atoms with van der Waals surface area (Å²) in [5.74, 6) is 0.837. The van der Waals surface area contributed by atoms with Crippen molar-refractivity contribution in [1.82, 2.24) is 24.9 Å². The van der Waals surface area contributed by atoms with Gasteiger partial charge in [-0.3, -0.25) is 4.79 Å². The van der Waals surface area contributed by atoms with E-state index in [0.717, 1.165) is 5.76 Å². The van der Waals surface area contributed by atoms with Crippen LogP contribution in [0.3, 0.4) is 0 Å². The predicted octanol–water partition coefficient (Wildman–Crippen LogP) is 4.96. The SMILES string of the molecule is CC(C)CS(=O)(=O)c1ccc(-c2nn(-c3ccc(NC(=O)Cc4cc(C(C)(C)C)on4)cc3)c3ncnc(N)c23)cc1. The maximum Gasteiger partial charge on any atom is 0.230 e. The van der Waals surface area contributed by atoms with Crippen molar-refractivity contribution in [2.75, 3.05) is 16.8 Å². The number of aromatic nitrogens is 5. The smallest absolute Gasteiger partial charge is 0.230 e. The molecule has 0 radical (unpaired) electrons. The van der Waals surface area contributed by atoms with E-state index in [1.165, 1.54) is 6.33 Å². The number of hydrogen-bond acceptors (Lipinski definition) is 9. The van der Waals surface area contributed by atoms with E-state index in [1.807, 2.05) is 34.6 Å². The quantitative estimate of drug-likeness (QED) is 0.256. The van der Waals surface area contributed by atoms with Crippen LogP contribution < -0.4 is 11.1 Å². The Morgan fingerprint density at radius 2 is 1.74 bits per heavy atom. The van der Waals surface area contributed by atoms with Gasteiger partial charge in [0.05, 0.1) is 33.8 Å². The molecule has 3 aromatic heterocycles. The van der Waals surface area contributed by atoms with Crippen LogP contribution in [-0.4, -0.2) is 45.0 Å². The van der Waals surface area contributed by atoms with Gasteiger partial charge in [0.15, 0.2) is 15.5 Å². The molecule has 0 atom stereocenters. The third-order valence-corrected chi connectivity index (χ3v) is 8.66. The summed E-state index contributed by atoms with van der Waals surface area (Å²) in [6.07, 6.45) is 1.45. The van der Waals surface area contributed by atoms with Crippen LogP contribution in [0.1, 0.15) is 46.1 Å². The lowest BCUT2D eigenvalue weighted by atomic mass is 9.93. The number of benzene rings is 2. The van der Waals surface area contributed by atoms with Crippen LogP contribution in [0.2, 0.25) is 0 Å². The Hall–Kier alpha value is -4.58. The molecule has 3 heterocycles. The number of carbonyl (C=O) groups excluding carboxylic acids is 1. The molecule has 0 aliphatic heterocycles. The summed E-state index contributed by atoms with van der Waals surface area (Å²) in [6.45, 7) is 9.79. The molecule has 0 unspecified atom stereocenters. The van der Waals surface area contributed by atoms with Crippen LogP contribution in [-0.2, 0) is 26.5 Å². The number of sulfone groups is 1. The highest BCUT2D eigenvalue weighted by atomic mass is 32.2. The standard InChI is InChI=1S/C30H33N7O4S/c1-18(2)16-42(39,40)23-12-6-19(7-13-23)27-26-28(31)32-17-33-29(26)37(35-27)22-10-8-20(9-11-22)34-25(38)15-21-14-24(41-36-21)30(3,4)5/h6-14,17-18H,15-16H2,1-5H3,(H,34,38)(H2,31,32,33). The van der Waals surface area contributed by atoms with Crippen LogP contribution in [0, 0.1) is 5.92 Å². The van der Waals surface area contributed by atoms with Crippen molar-refractivity contribution < 1.29 is 17.7 Å². The zero-order valence-electron chi connectivity index (χ0n) is 24.1. The molecule has 0 spiro atoms. The largest absolute Gasteiger partial charge is 0.383 e. The summed E-state index contributed by atoms with van der Waals surface area (Å²) in [4.78, 5) is 21.4. The van der Waals surface area contributed by atoms with Crippen LogP contribution in [0.4, 0.5) is 11.5 Å². The number of nitrogen functional groups attached to an aromatic ring is 1. The van der Waals surface area contributed by atoms with Crippen LogP contribution in [0.15, 0.2) is 70.3 Å². The fraction of sp³-hybridized carbons (Fsp3) is 0.300. The third kappa shape index (κ3) is 6.03. The van der Waals surface area contributed by atoms with E-state index in [-0.39, 0.29) is 40.1 Å². The van der Waals surface area contributed by atoms with E-state index in [2.05, 4.69) is 20.4 Å². The van der Waals surface area contributed by atoms with Crippen molar-refractivity contribution in [3.05, 3.63) is 72.4 Å². The lowest BCUT2D eigenvalue weighted by Crippen LogP contribution is -2.14. The number of nitrogens with one attached hydrogen (secondary N) is 1. The van der Waals surface area contributed by atoms with Gasteiger partial charge in [-0.15, -0.1) is 0 Å². The van der Waals surface area contributed by atoms with Crippen LogP contribution in [0.5, 0.6) is 0 Å². The van der Waals surface area contributed by atoms with E-state index in [1.54, 1.807) is 59.3 Å². The second-order valence-electron chi connectivity index (χ2n) is 11.6. The van der Waals surface area contributed by atoms with Crippen molar-refractivity contribution in [2.24, 2.45) is 5.92 Å². The van der Waals surface area contributed by atoms with Gasteiger partial charge in [-0.05, 0) is 42.3 Å². The molecule has 0 aliphatic carbocycles. The summed E-state index contributed by atoms with van der Waals surface area (Å²) in [5, 5.41) is 12.2. The van der Waals surface area contributed by atoms with E-state index >= 15 is 0 Å². The summed E-state index contributed by atoms with van der Waals surface area (Å²) in [6, 6.07) is 15.5. The Morgan fingerprint density at radius 1 is 1.05 bits per heavy atom. The fourth-order valence-electron chi connectivity index (χ4n) is 4.52. The summed E-state index contributed by atoms with van der Waals surface area (Å²) < 4.78 is 32.4. The predicted molar refractivity (Wildman–Crippen MR) is 161 cm³/mol. The lowest BCUT2D eigenvalue weighted by Gasteiger charge is -2.12. The molecule has 0 saturated heterocycles. The number of carbonyl (C=O) groups is 1. The van der Waals surface area contributed by atoms with Crippen molar-refractivity contribution in [1.29, 1.82) is 0 Å². The van der Waals surface area contributed by atoms with E-state index in [0.29, 0.717) is 39.4 Å². The zero-order valence-corrected chi connectivity index (χ0v) is 24.9. The summed E-state index contributed by atoms with van der Waals surface area (Å²) >= 11 is 0. The maximum atomic E-state index is 12.7. The van der Waals surface area contributed by atoms with Crippen molar-refractivity contribution >= 4 is 38.3 Å². The van der Waals surface area contributed by atoms with E-state index in [9.17, 15) is 13.2 Å². The molecular weight excluding hydrogens is 554 g/mol. The molecule has 2 aromatic carbocycles. The molecule has 0 saturated carbocycles. The van der Waals surface area contributed by atoms with Gasteiger partial charge < -0.3 is 15.6 Å². The Kier molecular flexibility index (Phi) is 7.58. The second kappa shape index (κ2) is 11.0. The number of nitrogens with two attached hydrogens (primary N) is 1. The highest BCUT2D eigenvalue weighted by Gasteiger charge is 2.22. The molecule has 0 fully saturated rings. The zero-order chi connectivity index (χ0) is 30.2. The number of anilines is 2. The minimum atomic E-state index is -3.40. The highest BCUT2D eigenvalue weighted by Crippen LogP contribution is 2.32. The first kappa shape index (κ1) is 28.9. The monoisotopic (exact) mass is 587 g/mol. The molecule has 218 valence electrons. The number of fused-ring (bicyclic) bond motifs is 1. The molecule has 1 amide bonds. The van der Waals surface area contributed by atoms with Crippen molar-refractivity contribution in [2.45, 2.75) is 51.3 Å². The van der Waals surface area contributed by atoms with E-state index in [4.69, 9.17) is 15.4 Å². The number of hydrogen-bond donors (Lipinski definition) is 2. The minimum Gasteiger partial charge on any atom is -0.383 e. The molecule has 5 aromatic rings. The van der Waals surface area contributed by atoms with Gasteiger partial charge >= 0.3 is 0 Å². The number of rotatable bonds is 8. The average molecular weight is 588 g/mol. The molecule has 5 rings (SSSR count). The van der Waals surface area contributed by atoms with Gasteiger partial charge in [0, 0.05) is 22.7 Å². The van der Waals surface area contributed by atoms with Crippen LogP contribution in [0.25, 0.3) is 28.0 Å². The normalized spacial score (nSPS) is 12.2. The Labute approximate surface area is 244 Å². The highest BCUT2D eigenvalue weighted by molar-refractivity contribution is 7.91. The third-order valence-electron chi connectivity index (χ3n) is 6.57. The van der Waals surface area contributed by atoms with Gasteiger partial charge in [0.25, 0.3) is 0 Å². The van der Waals surface area contributed by atoms with E-state index < -0.39 is 9.84 Å². The molecule has 0 bridgehead atoms. The van der Waals surface area contributed by atoms with Gasteiger partial charge in [-0.2, -0.15) is 5.10 Å². The molecule has 3 N–H and O–H groups in total. The minimum absolute atomic E-state index is 0.0149. The van der Waals surface area contributed by atoms with Gasteiger partial charge in [-0.1, -0.05) is 51.9 Å². The summed E-state index contributed by atoms with van der Waals surface area (Å²) in [7, 11) is -3.40. The topological polar surface area (TPSA) is 159 Å². The Morgan fingerprint density at radius 3 is 2.36 bits per heavy atom. The van der Waals surface area contributed by atoms with Crippen molar-refractivity contribution in [3.63, 3.8) is 0 Å². The first-order chi connectivity index (χ1) is 19.8. The first-order valence-corrected chi connectivity index (χ1v) is 15.2. The van der Waals surface area contributed by atoms with Gasteiger partial charge in [-0.25, -0.2) is 23.1 Å². The second-order valence-corrected chi connectivity index (χ2v) is 13.7. The number of nitrogens with zero attached hydrogens (tertiary/aromatic N) is 5. The first-order valence-electron chi connectivity index (χ1n) is 13.5. The van der Waals surface area contributed by atoms with Gasteiger partial charge in [0.2, 0.25) is 5.91 Å². The molecule has 0 aliphatic rings. The molecule has 42 heavy (non-hydrogen) atoms. The molecule has 12 heteroatoms. The number of amides is 1. The van der Waals surface area contributed by atoms with Crippen molar-refractivity contribution in [3.8, 4) is 16.9 Å². The fourth-order valence-corrected chi connectivity index (χ4v) is 6.14.